The maximum Gasteiger partial charge on any atom is 0.414 e. The third kappa shape index (κ3) is 4.92. The summed E-state index contributed by atoms with van der Waals surface area (Å²) < 4.78 is 18.4. The third-order valence-electron chi connectivity index (χ3n) is 4.09. The van der Waals surface area contributed by atoms with Gasteiger partial charge in [0.25, 0.3) is 0 Å². The Kier molecular flexibility index (Phi) is 6.17. The molecule has 27 heavy (non-hydrogen) atoms. The number of amides is 1. The molecule has 0 bridgehead atoms. The van der Waals surface area contributed by atoms with Gasteiger partial charge in [-0.3, -0.25) is 10.00 Å². The SMILES string of the molecule is NCCCN(C(=O)OCc1ccc(F)cc1)c1ccc(-c2cn[nH]c2)cc1. The quantitative estimate of drug-likeness (QED) is 0.666. The highest BCUT2D eigenvalue weighted by atomic mass is 19.1. The Bertz CT molecular complexity index is 849. The number of H-pyrrole nitrogens is 1. The standard InChI is InChI=1S/C20H21FN4O2/c21-18-6-2-15(3-7-18)14-27-20(26)25(11-1-10-22)19-8-4-16(5-9-19)17-12-23-24-13-17/h2-9,12-13H,1,10-11,14,22H2,(H,23,24). The van der Waals surface area contributed by atoms with E-state index in [1.807, 2.05) is 24.3 Å². The molecule has 3 rings (SSSR count). The van der Waals surface area contributed by atoms with Crippen LogP contribution in [0.1, 0.15) is 12.0 Å². The molecule has 2 aromatic carbocycles. The van der Waals surface area contributed by atoms with Crippen LogP contribution in [0.3, 0.4) is 0 Å². The minimum atomic E-state index is -0.469. The molecule has 0 unspecified atom stereocenters. The Morgan fingerprint density at radius 3 is 2.48 bits per heavy atom. The number of aromatic amines is 1. The highest BCUT2D eigenvalue weighted by Crippen LogP contribution is 2.23. The molecule has 0 radical (unpaired) electrons. The summed E-state index contributed by atoms with van der Waals surface area (Å²) in [7, 11) is 0. The first-order chi connectivity index (χ1) is 13.2. The first-order valence-corrected chi connectivity index (χ1v) is 8.65. The van der Waals surface area contributed by atoms with Gasteiger partial charge < -0.3 is 10.5 Å². The van der Waals surface area contributed by atoms with Crippen LogP contribution in [0.5, 0.6) is 0 Å². The lowest BCUT2D eigenvalue weighted by atomic mass is 10.1. The van der Waals surface area contributed by atoms with E-state index in [2.05, 4.69) is 10.2 Å². The first-order valence-electron chi connectivity index (χ1n) is 8.65. The van der Waals surface area contributed by atoms with Crippen molar-refractivity contribution in [1.82, 2.24) is 10.2 Å². The number of anilines is 1. The van der Waals surface area contributed by atoms with Crippen molar-refractivity contribution in [3.63, 3.8) is 0 Å². The summed E-state index contributed by atoms with van der Waals surface area (Å²) in [5.74, 6) is -0.327. The molecule has 1 heterocycles. The monoisotopic (exact) mass is 368 g/mol. The number of carbonyl (C=O) groups excluding carboxylic acids is 1. The van der Waals surface area contributed by atoms with Crippen molar-refractivity contribution in [2.45, 2.75) is 13.0 Å². The van der Waals surface area contributed by atoms with Gasteiger partial charge in [-0.25, -0.2) is 9.18 Å². The Hall–Kier alpha value is -3.19. The van der Waals surface area contributed by atoms with E-state index in [1.165, 1.54) is 12.1 Å². The zero-order valence-electron chi connectivity index (χ0n) is 14.8. The number of hydrogen-bond donors (Lipinski definition) is 2. The largest absolute Gasteiger partial charge is 0.444 e. The van der Waals surface area contributed by atoms with Crippen LogP contribution in [0.15, 0.2) is 60.9 Å². The molecule has 1 aromatic heterocycles. The van der Waals surface area contributed by atoms with Crippen LogP contribution in [0.4, 0.5) is 14.9 Å². The molecule has 0 aliphatic carbocycles. The molecule has 0 spiro atoms. The molecule has 0 fully saturated rings. The topological polar surface area (TPSA) is 84.2 Å². The number of halogens is 1. The summed E-state index contributed by atoms with van der Waals surface area (Å²) in [4.78, 5) is 14.1. The van der Waals surface area contributed by atoms with Crippen molar-refractivity contribution >= 4 is 11.8 Å². The zero-order chi connectivity index (χ0) is 19.1. The Labute approximate surface area is 156 Å². The van der Waals surface area contributed by atoms with Crippen molar-refractivity contribution in [3.05, 3.63) is 72.3 Å². The van der Waals surface area contributed by atoms with Gasteiger partial charge >= 0.3 is 6.09 Å². The third-order valence-corrected chi connectivity index (χ3v) is 4.09. The van der Waals surface area contributed by atoms with E-state index in [1.54, 1.807) is 29.4 Å². The Balaban J connectivity index is 1.70. The first kappa shape index (κ1) is 18.6. The molecule has 0 atom stereocenters. The fourth-order valence-corrected chi connectivity index (χ4v) is 2.62. The molecule has 3 aromatic rings. The average Bonchev–Trinajstić information content (AvgIpc) is 3.23. The number of aromatic nitrogens is 2. The Morgan fingerprint density at radius 2 is 1.85 bits per heavy atom. The van der Waals surface area contributed by atoms with Crippen LogP contribution in [0, 0.1) is 5.82 Å². The van der Waals surface area contributed by atoms with E-state index in [4.69, 9.17) is 10.5 Å². The minimum absolute atomic E-state index is 0.0747. The highest BCUT2D eigenvalue weighted by molar-refractivity contribution is 5.88. The smallest absolute Gasteiger partial charge is 0.414 e. The van der Waals surface area contributed by atoms with Gasteiger partial charge in [-0.2, -0.15) is 5.10 Å². The second-order valence-corrected chi connectivity index (χ2v) is 6.01. The van der Waals surface area contributed by atoms with E-state index in [0.717, 1.165) is 22.4 Å². The normalized spacial score (nSPS) is 10.6. The number of hydrogen-bond acceptors (Lipinski definition) is 4. The highest BCUT2D eigenvalue weighted by Gasteiger charge is 2.17. The molecule has 6 nitrogen and oxygen atoms in total. The molecule has 1 amide bonds. The second-order valence-electron chi connectivity index (χ2n) is 6.01. The predicted molar refractivity (Wildman–Crippen MR) is 102 cm³/mol. The summed E-state index contributed by atoms with van der Waals surface area (Å²) in [6.07, 6.45) is 3.72. The number of carbonyl (C=O) groups is 1. The Morgan fingerprint density at radius 1 is 1.11 bits per heavy atom. The lowest BCUT2D eigenvalue weighted by Crippen LogP contribution is -2.33. The van der Waals surface area contributed by atoms with Crippen LogP contribution >= 0.6 is 0 Å². The van der Waals surface area contributed by atoms with Crippen LogP contribution in [0.2, 0.25) is 0 Å². The molecule has 3 N–H and O–H groups in total. The van der Waals surface area contributed by atoms with Crippen LogP contribution in [-0.4, -0.2) is 29.4 Å². The molecule has 140 valence electrons. The maximum atomic E-state index is 13.0. The molecular formula is C20H21FN4O2. The van der Waals surface area contributed by atoms with Crippen molar-refractivity contribution < 1.29 is 13.9 Å². The van der Waals surface area contributed by atoms with Gasteiger partial charge in [0.2, 0.25) is 0 Å². The van der Waals surface area contributed by atoms with E-state index in [-0.39, 0.29) is 12.4 Å². The van der Waals surface area contributed by atoms with E-state index < -0.39 is 6.09 Å². The number of nitrogens with one attached hydrogen (secondary N) is 1. The lowest BCUT2D eigenvalue weighted by Gasteiger charge is -2.22. The van der Waals surface area contributed by atoms with Gasteiger partial charge in [0.05, 0.1) is 6.20 Å². The molecule has 0 saturated carbocycles. The molecule has 0 saturated heterocycles. The van der Waals surface area contributed by atoms with Gasteiger partial charge in [0, 0.05) is 24.0 Å². The molecule has 0 aliphatic rings. The summed E-state index contributed by atoms with van der Waals surface area (Å²) >= 11 is 0. The number of nitrogens with zero attached hydrogens (tertiary/aromatic N) is 2. The van der Waals surface area contributed by atoms with Crippen LogP contribution in [0.25, 0.3) is 11.1 Å². The average molecular weight is 368 g/mol. The van der Waals surface area contributed by atoms with E-state index in [9.17, 15) is 9.18 Å². The van der Waals surface area contributed by atoms with Crippen molar-refractivity contribution in [3.8, 4) is 11.1 Å². The fourth-order valence-electron chi connectivity index (χ4n) is 2.62. The summed E-state index contributed by atoms with van der Waals surface area (Å²) in [5.41, 5.74) is 9.00. The van der Waals surface area contributed by atoms with E-state index >= 15 is 0 Å². The summed E-state index contributed by atoms with van der Waals surface area (Å²) in [6.45, 7) is 0.990. The summed E-state index contributed by atoms with van der Waals surface area (Å²) in [6, 6.07) is 13.4. The van der Waals surface area contributed by atoms with Crippen LogP contribution in [-0.2, 0) is 11.3 Å². The van der Waals surface area contributed by atoms with Gasteiger partial charge in [-0.05, 0) is 48.4 Å². The molecule has 0 aliphatic heterocycles. The number of benzene rings is 2. The van der Waals surface area contributed by atoms with Crippen molar-refractivity contribution in [2.24, 2.45) is 5.73 Å². The minimum Gasteiger partial charge on any atom is -0.444 e. The van der Waals surface area contributed by atoms with Gasteiger partial charge in [0.15, 0.2) is 0 Å². The predicted octanol–water partition coefficient (Wildman–Crippen LogP) is 3.71. The van der Waals surface area contributed by atoms with E-state index in [0.29, 0.717) is 19.5 Å². The van der Waals surface area contributed by atoms with Gasteiger partial charge in [-0.1, -0.05) is 24.3 Å². The van der Waals surface area contributed by atoms with Crippen molar-refractivity contribution in [1.29, 1.82) is 0 Å². The van der Waals surface area contributed by atoms with Crippen molar-refractivity contribution in [2.75, 3.05) is 18.0 Å². The van der Waals surface area contributed by atoms with Gasteiger partial charge in [0.1, 0.15) is 12.4 Å². The number of rotatable bonds is 7. The second kappa shape index (κ2) is 8.95. The summed E-state index contributed by atoms with van der Waals surface area (Å²) in [5, 5.41) is 6.71. The number of ether oxygens (including phenoxy) is 1. The van der Waals surface area contributed by atoms with Gasteiger partial charge in [-0.15, -0.1) is 0 Å². The molecular weight excluding hydrogens is 347 g/mol. The van der Waals surface area contributed by atoms with Crippen LogP contribution < -0.4 is 10.6 Å². The number of nitrogens with two attached hydrogens (primary N) is 1. The zero-order valence-corrected chi connectivity index (χ0v) is 14.8. The fraction of sp³-hybridized carbons (Fsp3) is 0.200. The maximum absolute atomic E-state index is 13.0. The molecule has 7 heteroatoms. The lowest BCUT2D eigenvalue weighted by molar-refractivity contribution is 0.147.